The molecule has 0 spiro atoms. The van der Waals surface area contributed by atoms with E-state index >= 15 is 0 Å². The van der Waals surface area contributed by atoms with Gasteiger partial charge in [-0.15, -0.1) is 0 Å². The zero-order valence-electron chi connectivity index (χ0n) is 14.3. The fourth-order valence-electron chi connectivity index (χ4n) is 3.44. The predicted molar refractivity (Wildman–Crippen MR) is 111 cm³/mol. The standard InChI is InChI=1S/C23H17BrO2/c1-2-26-23(25)22-19(12-7-13-21(22)24)20-14-15-8-3-4-9-16(15)17-10-5-6-11-18(17)20/h3-14H,2H2,1H3. The van der Waals surface area contributed by atoms with Crippen LogP contribution in [0.5, 0.6) is 0 Å². The predicted octanol–water partition coefficient (Wildman–Crippen LogP) is 6.60. The molecule has 3 heteroatoms. The number of hydrogen-bond donors (Lipinski definition) is 0. The Balaban J connectivity index is 2.09. The molecule has 0 radical (unpaired) electrons. The third-order valence-corrected chi connectivity index (χ3v) is 5.21. The van der Waals surface area contributed by atoms with Crippen molar-refractivity contribution < 1.29 is 9.53 Å². The van der Waals surface area contributed by atoms with Crippen LogP contribution in [0.3, 0.4) is 0 Å². The lowest BCUT2D eigenvalue weighted by molar-refractivity contribution is 0.0526. The van der Waals surface area contributed by atoms with Gasteiger partial charge in [0.2, 0.25) is 0 Å². The summed E-state index contributed by atoms with van der Waals surface area (Å²) in [5.74, 6) is -0.313. The van der Waals surface area contributed by atoms with E-state index in [9.17, 15) is 4.79 Å². The second-order valence-corrected chi connectivity index (χ2v) is 6.93. The van der Waals surface area contributed by atoms with Gasteiger partial charge in [-0.05, 0) is 67.7 Å². The van der Waals surface area contributed by atoms with E-state index in [0.29, 0.717) is 12.2 Å². The van der Waals surface area contributed by atoms with Gasteiger partial charge in [0.15, 0.2) is 0 Å². The summed E-state index contributed by atoms with van der Waals surface area (Å²) in [4.78, 5) is 12.6. The van der Waals surface area contributed by atoms with Crippen LogP contribution >= 0.6 is 15.9 Å². The quantitative estimate of drug-likeness (QED) is 0.284. The molecule has 4 rings (SSSR count). The first-order chi connectivity index (χ1) is 12.7. The molecule has 0 N–H and O–H groups in total. The van der Waals surface area contributed by atoms with E-state index in [4.69, 9.17) is 4.74 Å². The summed E-state index contributed by atoms with van der Waals surface area (Å²) in [6, 6.07) is 24.6. The van der Waals surface area contributed by atoms with Crippen molar-refractivity contribution >= 4 is 43.4 Å². The molecule has 4 aromatic rings. The number of esters is 1. The molecule has 0 aliphatic rings. The number of benzene rings is 4. The van der Waals surface area contributed by atoms with E-state index in [1.54, 1.807) is 0 Å². The first kappa shape index (κ1) is 16.8. The maximum Gasteiger partial charge on any atom is 0.339 e. The summed E-state index contributed by atoms with van der Waals surface area (Å²) in [6.07, 6.45) is 0. The number of rotatable bonds is 3. The maximum atomic E-state index is 12.6. The fraction of sp³-hybridized carbons (Fsp3) is 0.0870. The minimum Gasteiger partial charge on any atom is -0.462 e. The fourth-order valence-corrected chi connectivity index (χ4v) is 3.96. The number of hydrogen-bond acceptors (Lipinski definition) is 2. The Morgan fingerprint density at radius 3 is 2.31 bits per heavy atom. The largest absolute Gasteiger partial charge is 0.462 e. The van der Waals surface area contributed by atoms with Gasteiger partial charge in [0, 0.05) is 4.47 Å². The van der Waals surface area contributed by atoms with Crippen molar-refractivity contribution in [3.8, 4) is 11.1 Å². The average Bonchev–Trinajstić information content (AvgIpc) is 2.67. The van der Waals surface area contributed by atoms with Crippen molar-refractivity contribution in [1.29, 1.82) is 0 Å². The van der Waals surface area contributed by atoms with E-state index in [-0.39, 0.29) is 5.97 Å². The minimum atomic E-state index is -0.313. The van der Waals surface area contributed by atoms with Crippen molar-refractivity contribution in [2.45, 2.75) is 6.92 Å². The smallest absolute Gasteiger partial charge is 0.339 e. The Kier molecular flexibility index (Phi) is 4.48. The molecule has 0 aliphatic heterocycles. The molecule has 0 aromatic heterocycles. The first-order valence-corrected chi connectivity index (χ1v) is 9.36. The summed E-state index contributed by atoms with van der Waals surface area (Å²) >= 11 is 3.53. The highest BCUT2D eigenvalue weighted by molar-refractivity contribution is 9.10. The monoisotopic (exact) mass is 404 g/mol. The molecule has 128 valence electrons. The molecule has 0 aliphatic carbocycles. The Morgan fingerprint density at radius 2 is 1.54 bits per heavy atom. The number of fused-ring (bicyclic) bond motifs is 3. The van der Waals surface area contributed by atoms with E-state index in [1.165, 1.54) is 10.8 Å². The van der Waals surface area contributed by atoms with Crippen LogP contribution in [0.1, 0.15) is 17.3 Å². The van der Waals surface area contributed by atoms with Crippen LogP contribution in [0.2, 0.25) is 0 Å². The number of ether oxygens (including phenoxy) is 1. The summed E-state index contributed by atoms with van der Waals surface area (Å²) in [5.41, 5.74) is 2.47. The Hall–Kier alpha value is -2.65. The lowest BCUT2D eigenvalue weighted by atomic mass is 9.91. The van der Waals surface area contributed by atoms with E-state index in [2.05, 4.69) is 52.3 Å². The number of halogens is 1. The molecule has 0 amide bonds. The van der Waals surface area contributed by atoms with E-state index in [0.717, 1.165) is 26.4 Å². The molecule has 0 fully saturated rings. The molecular weight excluding hydrogens is 388 g/mol. The van der Waals surface area contributed by atoms with Crippen molar-refractivity contribution in [3.63, 3.8) is 0 Å². The molecular formula is C23H17BrO2. The van der Waals surface area contributed by atoms with Gasteiger partial charge in [0.25, 0.3) is 0 Å². The first-order valence-electron chi connectivity index (χ1n) is 8.57. The van der Waals surface area contributed by atoms with Crippen LogP contribution in [-0.2, 0) is 4.74 Å². The van der Waals surface area contributed by atoms with Gasteiger partial charge < -0.3 is 4.74 Å². The molecule has 0 bridgehead atoms. The zero-order valence-corrected chi connectivity index (χ0v) is 15.9. The highest BCUT2D eigenvalue weighted by atomic mass is 79.9. The molecule has 0 saturated heterocycles. The normalized spacial score (nSPS) is 11.0. The Labute approximate surface area is 160 Å². The van der Waals surface area contributed by atoms with E-state index in [1.807, 2.05) is 43.3 Å². The molecule has 0 heterocycles. The van der Waals surface area contributed by atoms with Crippen LogP contribution in [0.25, 0.3) is 32.7 Å². The van der Waals surface area contributed by atoms with Crippen LogP contribution in [-0.4, -0.2) is 12.6 Å². The topological polar surface area (TPSA) is 26.3 Å². The summed E-state index contributed by atoms with van der Waals surface area (Å²) in [7, 11) is 0. The molecule has 0 saturated carbocycles. The van der Waals surface area contributed by atoms with Crippen molar-refractivity contribution in [2.75, 3.05) is 6.61 Å². The van der Waals surface area contributed by atoms with Crippen molar-refractivity contribution in [2.24, 2.45) is 0 Å². The second kappa shape index (κ2) is 6.93. The van der Waals surface area contributed by atoms with Gasteiger partial charge in [-0.25, -0.2) is 4.79 Å². The number of carbonyl (C=O) groups excluding carboxylic acids is 1. The summed E-state index contributed by atoms with van der Waals surface area (Å²) < 4.78 is 6.04. The minimum absolute atomic E-state index is 0.313. The molecule has 4 aromatic carbocycles. The summed E-state index contributed by atoms with van der Waals surface area (Å²) in [6.45, 7) is 2.16. The third-order valence-electron chi connectivity index (χ3n) is 4.55. The van der Waals surface area contributed by atoms with Crippen LogP contribution in [0.15, 0.2) is 77.3 Å². The van der Waals surface area contributed by atoms with Crippen LogP contribution < -0.4 is 0 Å². The molecule has 0 unspecified atom stereocenters. The molecule has 2 nitrogen and oxygen atoms in total. The highest BCUT2D eigenvalue weighted by Gasteiger charge is 2.19. The van der Waals surface area contributed by atoms with Gasteiger partial charge in [-0.2, -0.15) is 0 Å². The van der Waals surface area contributed by atoms with Gasteiger partial charge in [0.1, 0.15) is 0 Å². The van der Waals surface area contributed by atoms with E-state index < -0.39 is 0 Å². The van der Waals surface area contributed by atoms with Crippen LogP contribution in [0.4, 0.5) is 0 Å². The van der Waals surface area contributed by atoms with Crippen molar-refractivity contribution in [1.82, 2.24) is 0 Å². The molecule has 26 heavy (non-hydrogen) atoms. The third kappa shape index (κ3) is 2.78. The second-order valence-electron chi connectivity index (χ2n) is 6.07. The zero-order chi connectivity index (χ0) is 18.1. The van der Waals surface area contributed by atoms with Gasteiger partial charge >= 0.3 is 5.97 Å². The lowest BCUT2D eigenvalue weighted by Crippen LogP contribution is -2.07. The van der Waals surface area contributed by atoms with Crippen LogP contribution in [0, 0.1) is 0 Å². The van der Waals surface area contributed by atoms with Gasteiger partial charge in [-0.1, -0.05) is 60.7 Å². The lowest BCUT2D eigenvalue weighted by Gasteiger charge is -2.15. The Morgan fingerprint density at radius 1 is 0.846 bits per heavy atom. The average molecular weight is 405 g/mol. The van der Waals surface area contributed by atoms with Gasteiger partial charge in [0.05, 0.1) is 12.2 Å². The SMILES string of the molecule is CCOC(=O)c1c(Br)cccc1-c1cc2ccccc2c2ccccc12. The highest BCUT2D eigenvalue weighted by Crippen LogP contribution is 2.38. The van der Waals surface area contributed by atoms with Crippen molar-refractivity contribution in [3.05, 3.63) is 82.8 Å². The molecule has 0 atom stereocenters. The number of carbonyl (C=O) groups is 1. The maximum absolute atomic E-state index is 12.6. The summed E-state index contributed by atoms with van der Waals surface area (Å²) in [5, 5.41) is 4.65. The Bertz CT molecular complexity index is 1130. The van der Waals surface area contributed by atoms with Gasteiger partial charge in [-0.3, -0.25) is 0 Å².